The Morgan fingerprint density at radius 3 is 2.00 bits per heavy atom. The molecule has 0 unspecified atom stereocenters. The van der Waals surface area contributed by atoms with Gasteiger partial charge in [-0.15, -0.1) is 0 Å². The minimum Gasteiger partial charge on any atom is -0.463 e. The van der Waals surface area contributed by atoms with Crippen LogP contribution in [0.25, 0.3) is 33.7 Å². The maximum atomic E-state index is 5.94. The second kappa shape index (κ2) is 5.41. The molecular weight excluding hydrogens is 270 g/mol. The van der Waals surface area contributed by atoms with Crippen LogP contribution in [0.15, 0.2) is 89.7 Å². The fraction of sp³-hybridized carbons (Fsp3) is 0. The quantitative estimate of drug-likeness (QED) is 0.521. The average Bonchev–Trinajstić information content (AvgIpc) is 3.25. The van der Waals surface area contributed by atoms with Crippen LogP contribution < -0.4 is 0 Å². The van der Waals surface area contributed by atoms with Gasteiger partial charge >= 0.3 is 0 Å². The second-order valence-electron chi connectivity index (χ2n) is 5.17. The zero-order valence-corrected chi connectivity index (χ0v) is 12.0. The minimum absolute atomic E-state index is 0.899. The first-order valence-electron chi connectivity index (χ1n) is 7.29. The Morgan fingerprint density at radius 2 is 1.36 bits per heavy atom. The van der Waals surface area contributed by atoms with E-state index in [9.17, 15) is 0 Å². The summed E-state index contributed by atoms with van der Waals surface area (Å²) in [6.07, 6.45) is 3.76. The van der Waals surface area contributed by atoms with Crippen LogP contribution in [0.1, 0.15) is 0 Å². The third-order valence-corrected chi connectivity index (χ3v) is 3.78. The van der Waals surface area contributed by atoms with Crippen LogP contribution in [0.3, 0.4) is 0 Å². The molecule has 2 nitrogen and oxygen atoms in total. The van der Waals surface area contributed by atoms with E-state index in [1.165, 1.54) is 0 Å². The van der Waals surface area contributed by atoms with Crippen LogP contribution in [0, 0.1) is 0 Å². The third-order valence-electron chi connectivity index (χ3n) is 3.78. The molecule has 2 heteroatoms. The standard InChI is InChI=1S/C20H15NO/c1-3-8-15(9-4-1)19-17(18-12-7-13-21-18)14-22-20(19)16-10-5-2-6-11-16/h1-14,21H. The number of furan rings is 1. The van der Waals surface area contributed by atoms with Gasteiger partial charge in [0.2, 0.25) is 0 Å². The maximum Gasteiger partial charge on any atom is 0.142 e. The highest BCUT2D eigenvalue weighted by atomic mass is 16.3. The summed E-state index contributed by atoms with van der Waals surface area (Å²) in [5.41, 5.74) is 5.49. The summed E-state index contributed by atoms with van der Waals surface area (Å²) in [6.45, 7) is 0. The Kier molecular flexibility index (Phi) is 3.13. The van der Waals surface area contributed by atoms with Gasteiger partial charge in [-0.1, -0.05) is 60.7 Å². The van der Waals surface area contributed by atoms with Crippen molar-refractivity contribution in [3.05, 3.63) is 85.3 Å². The zero-order valence-electron chi connectivity index (χ0n) is 12.0. The van der Waals surface area contributed by atoms with Crippen LogP contribution in [0.5, 0.6) is 0 Å². The number of nitrogens with one attached hydrogen (secondary N) is 1. The molecule has 0 saturated heterocycles. The highest BCUT2D eigenvalue weighted by Gasteiger charge is 2.18. The highest BCUT2D eigenvalue weighted by Crippen LogP contribution is 2.40. The lowest BCUT2D eigenvalue weighted by molar-refractivity contribution is 0.583. The molecule has 0 atom stereocenters. The van der Waals surface area contributed by atoms with Crippen molar-refractivity contribution >= 4 is 0 Å². The van der Waals surface area contributed by atoms with Crippen LogP contribution in [-0.2, 0) is 0 Å². The Hall–Kier alpha value is -3.00. The molecule has 22 heavy (non-hydrogen) atoms. The zero-order chi connectivity index (χ0) is 14.8. The number of H-pyrrole nitrogens is 1. The molecule has 4 rings (SSSR count). The van der Waals surface area contributed by atoms with Crippen molar-refractivity contribution in [1.29, 1.82) is 0 Å². The summed E-state index contributed by atoms with van der Waals surface area (Å²) in [4.78, 5) is 3.27. The number of aromatic amines is 1. The van der Waals surface area contributed by atoms with Gasteiger partial charge in [-0.05, 0) is 17.7 Å². The summed E-state index contributed by atoms with van der Waals surface area (Å²) in [7, 11) is 0. The molecule has 0 radical (unpaired) electrons. The Labute approximate surface area is 129 Å². The van der Waals surface area contributed by atoms with E-state index in [0.29, 0.717) is 0 Å². The Morgan fingerprint density at radius 1 is 0.682 bits per heavy atom. The molecule has 0 spiro atoms. The van der Waals surface area contributed by atoms with Crippen molar-refractivity contribution < 1.29 is 4.42 Å². The van der Waals surface area contributed by atoms with E-state index >= 15 is 0 Å². The molecule has 4 aromatic rings. The predicted molar refractivity (Wildman–Crippen MR) is 89.4 cm³/mol. The number of rotatable bonds is 3. The summed E-state index contributed by atoms with van der Waals surface area (Å²) >= 11 is 0. The predicted octanol–water partition coefficient (Wildman–Crippen LogP) is 5.61. The van der Waals surface area contributed by atoms with Gasteiger partial charge in [0, 0.05) is 28.6 Å². The first kappa shape index (κ1) is 12.7. The summed E-state index contributed by atoms with van der Waals surface area (Å²) in [5, 5.41) is 0. The third kappa shape index (κ3) is 2.15. The fourth-order valence-electron chi connectivity index (χ4n) is 2.75. The van der Waals surface area contributed by atoms with E-state index in [4.69, 9.17) is 4.42 Å². The van der Waals surface area contributed by atoms with Gasteiger partial charge in [0.25, 0.3) is 0 Å². The molecule has 0 bridgehead atoms. The van der Waals surface area contributed by atoms with Gasteiger partial charge in [-0.25, -0.2) is 0 Å². The van der Waals surface area contributed by atoms with Gasteiger partial charge in [0.1, 0.15) is 12.0 Å². The number of hydrogen-bond donors (Lipinski definition) is 1. The molecule has 2 aromatic carbocycles. The van der Waals surface area contributed by atoms with Crippen molar-refractivity contribution in [2.75, 3.05) is 0 Å². The topological polar surface area (TPSA) is 28.9 Å². The van der Waals surface area contributed by atoms with Crippen molar-refractivity contribution in [2.45, 2.75) is 0 Å². The van der Waals surface area contributed by atoms with Crippen LogP contribution in [-0.4, -0.2) is 4.98 Å². The molecule has 0 fully saturated rings. The van der Waals surface area contributed by atoms with E-state index in [2.05, 4.69) is 47.4 Å². The normalized spacial score (nSPS) is 10.7. The molecule has 2 aromatic heterocycles. The van der Waals surface area contributed by atoms with E-state index < -0.39 is 0 Å². The Bertz CT molecular complexity index is 859. The molecule has 0 saturated carbocycles. The van der Waals surface area contributed by atoms with Gasteiger partial charge in [0.05, 0.1) is 0 Å². The SMILES string of the molecule is c1ccc(-c2occ(-c3ccc[nH]3)c2-c2ccccc2)cc1. The number of hydrogen-bond acceptors (Lipinski definition) is 1. The lowest BCUT2D eigenvalue weighted by atomic mass is 9.97. The highest BCUT2D eigenvalue weighted by molar-refractivity contribution is 5.91. The lowest BCUT2D eigenvalue weighted by Crippen LogP contribution is -1.83. The van der Waals surface area contributed by atoms with Crippen LogP contribution in [0.4, 0.5) is 0 Å². The van der Waals surface area contributed by atoms with Gasteiger partial charge < -0.3 is 9.40 Å². The smallest absolute Gasteiger partial charge is 0.142 e. The second-order valence-corrected chi connectivity index (χ2v) is 5.17. The van der Waals surface area contributed by atoms with Crippen LogP contribution in [0.2, 0.25) is 0 Å². The van der Waals surface area contributed by atoms with Crippen molar-refractivity contribution in [3.8, 4) is 33.7 Å². The molecule has 2 heterocycles. The van der Waals surface area contributed by atoms with Gasteiger partial charge in [0.15, 0.2) is 0 Å². The lowest BCUT2D eigenvalue weighted by Gasteiger charge is -2.06. The van der Waals surface area contributed by atoms with Gasteiger partial charge in [-0.3, -0.25) is 0 Å². The minimum atomic E-state index is 0.899. The van der Waals surface area contributed by atoms with Crippen molar-refractivity contribution in [3.63, 3.8) is 0 Å². The Balaban J connectivity index is 1.97. The fourth-order valence-corrected chi connectivity index (χ4v) is 2.75. The summed E-state index contributed by atoms with van der Waals surface area (Å²) in [5.74, 6) is 0.899. The average molecular weight is 285 g/mol. The number of aromatic nitrogens is 1. The molecule has 106 valence electrons. The maximum absolute atomic E-state index is 5.94. The molecule has 0 aliphatic rings. The first-order chi connectivity index (χ1) is 10.9. The van der Waals surface area contributed by atoms with E-state index in [1.54, 1.807) is 0 Å². The largest absolute Gasteiger partial charge is 0.463 e. The van der Waals surface area contributed by atoms with E-state index in [0.717, 1.165) is 33.7 Å². The first-order valence-corrected chi connectivity index (χ1v) is 7.29. The molecule has 0 aliphatic heterocycles. The molecule has 0 amide bonds. The molecule has 0 aliphatic carbocycles. The van der Waals surface area contributed by atoms with E-state index in [1.807, 2.05) is 42.8 Å². The summed E-state index contributed by atoms with van der Waals surface area (Å²) in [6, 6.07) is 24.6. The van der Waals surface area contributed by atoms with Crippen LogP contribution >= 0.6 is 0 Å². The summed E-state index contributed by atoms with van der Waals surface area (Å²) < 4.78 is 5.94. The van der Waals surface area contributed by atoms with E-state index in [-0.39, 0.29) is 0 Å². The number of benzene rings is 2. The van der Waals surface area contributed by atoms with Crippen molar-refractivity contribution in [2.24, 2.45) is 0 Å². The molecule has 1 N–H and O–H groups in total. The van der Waals surface area contributed by atoms with Gasteiger partial charge in [-0.2, -0.15) is 0 Å². The molecular formula is C20H15NO. The monoisotopic (exact) mass is 285 g/mol. The van der Waals surface area contributed by atoms with Crippen molar-refractivity contribution in [1.82, 2.24) is 4.98 Å².